The molecule has 3 aromatic rings. The lowest BCUT2D eigenvalue weighted by Crippen LogP contribution is -2.38. The van der Waals surface area contributed by atoms with Crippen molar-refractivity contribution in [3.05, 3.63) is 35.5 Å². The molecule has 3 heterocycles. The van der Waals surface area contributed by atoms with Gasteiger partial charge in [-0.15, -0.1) is 10.2 Å². The van der Waals surface area contributed by atoms with Crippen LogP contribution in [0, 0.1) is 6.92 Å². The van der Waals surface area contributed by atoms with Crippen LogP contribution in [0.25, 0.3) is 10.9 Å². The van der Waals surface area contributed by atoms with Gasteiger partial charge in [-0.25, -0.2) is 0 Å². The highest BCUT2D eigenvalue weighted by Crippen LogP contribution is 2.29. The zero-order valence-corrected chi connectivity index (χ0v) is 13.3. The van der Waals surface area contributed by atoms with Crippen LogP contribution in [0.3, 0.4) is 0 Å². The third kappa shape index (κ3) is 2.54. The van der Waals surface area contributed by atoms with E-state index in [0.717, 1.165) is 52.7 Å². The maximum Gasteiger partial charge on any atom is 0.208 e. The first-order chi connectivity index (χ1) is 10.8. The lowest BCUT2D eigenvalue weighted by atomic mass is 10.1. The number of ether oxygens (including phenoxy) is 1. The molecule has 6 heteroatoms. The fourth-order valence-corrected chi connectivity index (χ4v) is 3.66. The second-order valence-corrected chi connectivity index (χ2v) is 6.76. The SMILES string of the molecule is Cc1nnc(N2CCC(Oc3cccc4[nH]ccc34)CC2)s1. The summed E-state index contributed by atoms with van der Waals surface area (Å²) in [4.78, 5) is 5.53. The summed E-state index contributed by atoms with van der Waals surface area (Å²) in [6.45, 7) is 3.94. The van der Waals surface area contributed by atoms with Crippen LogP contribution in [-0.2, 0) is 0 Å². The zero-order chi connectivity index (χ0) is 14.9. The summed E-state index contributed by atoms with van der Waals surface area (Å²) in [5.74, 6) is 0.976. The van der Waals surface area contributed by atoms with Crippen molar-refractivity contribution in [3.63, 3.8) is 0 Å². The molecule has 0 aliphatic carbocycles. The summed E-state index contributed by atoms with van der Waals surface area (Å²) in [7, 11) is 0. The minimum atomic E-state index is 0.269. The molecule has 2 aromatic heterocycles. The second-order valence-electron chi connectivity index (χ2n) is 5.60. The number of aromatic amines is 1. The van der Waals surface area contributed by atoms with Crippen LogP contribution >= 0.6 is 11.3 Å². The van der Waals surface area contributed by atoms with Gasteiger partial charge in [0.1, 0.15) is 16.9 Å². The lowest BCUT2D eigenvalue weighted by Gasteiger charge is -2.31. The molecular weight excluding hydrogens is 296 g/mol. The summed E-state index contributed by atoms with van der Waals surface area (Å²) in [5.41, 5.74) is 1.12. The number of hydrogen-bond acceptors (Lipinski definition) is 5. The topological polar surface area (TPSA) is 54.0 Å². The Balaban J connectivity index is 1.43. The molecule has 1 N–H and O–H groups in total. The van der Waals surface area contributed by atoms with Crippen LogP contribution in [0.5, 0.6) is 5.75 Å². The number of aryl methyl sites for hydroxylation is 1. The summed E-state index contributed by atoms with van der Waals surface area (Å²) in [6, 6.07) is 8.23. The van der Waals surface area contributed by atoms with E-state index in [0.29, 0.717) is 0 Å². The number of hydrogen-bond donors (Lipinski definition) is 1. The van der Waals surface area contributed by atoms with Gasteiger partial charge < -0.3 is 14.6 Å². The highest BCUT2D eigenvalue weighted by molar-refractivity contribution is 7.15. The van der Waals surface area contributed by atoms with Crippen molar-refractivity contribution in [1.29, 1.82) is 0 Å². The van der Waals surface area contributed by atoms with Crippen LogP contribution in [0.4, 0.5) is 5.13 Å². The number of aromatic nitrogens is 3. The summed E-state index contributed by atoms with van der Waals surface area (Å²) in [6.07, 6.45) is 4.25. The molecule has 0 bridgehead atoms. The maximum atomic E-state index is 6.24. The number of nitrogens with one attached hydrogen (secondary N) is 1. The van der Waals surface area contributed by atoms with Crippen LogP contribution in [0.1, 0.15) is 17.8 Å². The highest BCUT2D eigenvalue weighted by atomic mass is 32.1. The summed E-state index contributed by atoms with van der Waals surface area (Å²) < 4.78 is 6.24. The van der Waals surface area contributed by atoms with Crippen LogP contribution in [-0.4, -0.2) is 34.4 Å². The van der Waals surface area contributed by atoms with Gasteiger partial charge in [-0.3, -0.25) is 0 Å². The van der Waals surface area contributed by atoms with Gasteiger partial charge in [0.05, 0.1) is 0 Å². The minimum Gasteiger partial charge on any atom is -0.490 e. The molecule has 1 fully saturated rings. The molecule has 114 valence electrons. The van der Waals surface area contributed by atoms with Crippen molar-refractivity contribution in [3.8, 4) is 5.75 Å². The molecule has 0 radical (unpaired) electrons. The van der Waals surface area contributed by atoms with E-state index >= 15 is 0 Å². The molecule has 1 saturated heterocycles. The molecule has 22 heavy (non-hydrogen) atoms. The van der Waals surface area contributed by atoms with Crippen molar-refractivity contribution in [2.24, 2.45) is 0 Å². The Morgan fingerprint density at radius 3 is 2.86 bits per heavy atom. The third-order valence-corrected chi connectivity index (χ3v) is 4.98. The molecule has 0 atom stereocenters. The van der Waals surface area contributed by atoms with Gasteiger partial charge in [0.25, 0.3) is 0 Å². The van der Waals surface area contributed by atoms with E-state index in [2.05, 4.69) is 38.3 Å². The van der Waals surface area contributed by atoms with Crippen LogP contribution in [0.2, 0.25) is 0 Å². The van der Waals surface area contributed by atoms with E-state index in [1.54, 1.807) is 11.3 Å². The second kappa shape index (κ2) is 5.61. The Labute approximate surface area is 132 Å². The fourth-order valence-electron chi connectivity index (χ4n) is 2.92. The van der Waals surface area contributed by atoms with Gasteiger partial charge in [-0.05, 0) is 25.1 Å². The molecule has 1 aliphatic rings. The van der Waals surface area contributed by atoms with Crippen molar-refractivity contribution < 1.29 is 4.74 Å². The van der Waals surface area contributed by atoms with Gasteiger partial charge in [0.2, 0.25) is 5.13 Å². The molecule has 1 aliphatic heterocycles. The standard InChI is InChI=1S/C16H18N4OS/c1-11-18-19-16(22-11)20-9-6-12(7-10-20)21-15-4-2-3-14-13(15)5-8-17-14/h2-5,8,12,17H,6-7,9-10H2,1H3. The first kappa shape index (κ1) is 13.6. The van der Waals surface area contributed by atoms with Crippen molar-refractivity contribution in [2.45, 2.75) is 25.9 Å². The number of fused-ring (bicyclic) bond motifs is 1. The molecule has 5 nitrogen and oxygen atoms in total. The van der Waals surface area contributed by atoms with Gasteiger partial charge in [-0.2, -0.15) is 0 Å². The average Bonchev–Trinajstić information content (AvgIpc) is 3.17. The highest BCUT2D eigenvalue weighted by Gasteiger charge is 2.23. The molecular formula is C16H18N4OS. The molecule has 0 saturated carbocycles. The Bertz CT molecular complexity index is 773. The minimum absolute atomic E-state index is 0.269. The number of benzene rings is 1. The maximum absolute atomic E-state index is 6.24. The van der Waals surface area contributed by atoms with Gasteiger partial charge in [0.15, 0.2) is 0 Å². The molecule has 4 rings (SSSR count). The van der Waals surface area contributed by atoms with Gasteiger partial charge >= 0.3 is 0 Å². The quantitative estimate of drug-likeness (QED) is 0.805. The Kier molecular flexibility index (Phi) is 3.46. The molecule has 0 spiro atoms. The Morgan fingerprint density at radius 2 is 2.09 bits per heavy atom. The number of piperidine rings is 1. The van der Waals surface area contributed by atoms with E-state index in [1.165, 1.54) is 0 Å². The monoisotopic (exact) mass is 314 g/mol. The van der Waals surface area contributed by atoms with Crippen LogP contribution in [0.15, 0.2) is 30.5 Å². The van der Waals surface area contributed by atoms with Gasteiger partial charge in [-0.1, -0.05) is 17.4 Å². The first-order valence-electron chi connectivity index (χ1n) is 7.57. The number of rotatable bonds is 3. The zero-order valence-electron chi connectivity index (χ0n) is 12.5. The average molecular weight is 314 g/mol. The predicted octanol–water partition coefficient (Wildman–Crippen LogP) is 3.38. The number of anilines is 1. The smallest absolute Gasteiger partial charge is 0.208 e. The van der Waals surface area contributed by atoms with E-state index < -0.39 is 0 Å². The number of nitrogens with zero attached hydrogens (tertiary/aromatic N) is 3. The van der Waals surface area contributed by atoms with E-state index in [-0.39, 0.29) is 6.10 Å². The predicted molar refractivity (Wildman–Crippen MR) is 88.8 cm³/mol. The normalized spacial score (nSPS) is 16.3. The summed E-state index contributed by atoms with van der Waals surface area (Å²) in [5, 5.41) is 11.5. The van der Waals surface area contributed by atoms with E-state index in [9.17, 15) is 0 Å². The van der Waals surface area contributed by atoms with E-state index in [1.807, 2.05) is 19.2 Å². The fraction of sp³-hybridized carbons (Fsp3) is 0.375. The molecule has 0 amide bonds. The third-order valence-electron chi connectivity index (χ3n) is 4.08. The van der Waals surface area contributed by atoms with E-state index in [4.69, 9.17) is 4.74 Å². The number of H-pyrrole nitrogens is 1. The first-order valence-corrected chi connectivity index (χ1v) is 8.39. The van der Waals surface area contributed by atoms with Crippen molar-refractivity contribution in [1.82, 2.24) is 15.2 Å². The van der Waals surface area contributed by atoms with Crippen molar-refractivity contribution >= 4 is 27.4 Å². The Hall–Kier alpha value is -2.08. The largest absolute Gasteiger partial charge is 0.490 e. The van der Waals surface area contributed by atoms with Gasteiger partial charge in [0, 0.05) is 43.0 Å². The molecule has 0 unspecified atom stereocenters. The Morgan fingerprint density at radius 1 is 1.23 bits per heavy atom. The molecule has 1 aromatic carbocycles. The van der Waals surface area contributed by atoms with Crippen molar-refractivity contribution in [2.75, 3.05) is 18.0 Å². The lowest BCUT2D eigenvalue weighted by molar-refractivity contribution is 0.173. The summed E-state index contributed by atoms with van der Waals surface area (Å²) >= 11 is 1.66. The van der Waals surface area contributed by atoms with Crippen LogP contribution < -0.4 is 9.64 Å².